The second-order valence-electron chi connectivity index (χ2n) is 14.0. The number of hydrogen-bond acceptors (Lipinski definition) is 1. The molecular weight excluding hydrogens is 578 g/mol. The third kappa shape index (κ3) is 32.9. The highest BCUT2D eigenvalue weighted by molar-refractivity contribution is 5.85. The summed E-state index contributed by atoms with van der Waals surface area (Å²) in [5, 5.41) is 3.93. The van der Waals surface area contributed by atoms with Crippen molar-refractivity contribution < 1.29 is 0 Å². The van der Waals surface area contributed by atoms with Gasteiger partial charge in [0.25, 0.3) is 0 Å². The molecule has 1 aromatic rings. The van der Waals surface area contributed by atoms with Crippen molar-refractivity contribution in [1.29, 1.82) is 0 Å². The van der Waals surface area contributed by atoms with Gasteiger partial charge in [-0.15, -0.1) is 12.4 Å². The Morgan fingerprint density at radius 1 is 0.435 bits per heavy atom. The first-order valence-electron chi connectivity index (χ1n) is 20.4. The lowest BCUT2D eigenvalue weighted by Gasteiger charge is -2.19. The Labute approximate surface area is 296 Å². The summed E-state index contributed by atoms with van der Waals surface area (Å²) in [6.07, 6.45) is 51.4. The minimum atomic E-state index is 0. The fourth-order valence-electron chi connectivity index (χ4n) is 6.48. The zero-order valence-electron chi connectivity index (χ0n) is 31.1. The number of hydrogen-bond donors (Lipinski definition) is 1. The van der Waals surface area contributed by atoms with Gasteiger partial charge in [-0.05, 0) is 69.8 Å². The largest absolute Gasteiger partial charge is 0.310 e. The third-order valence-corrected chi connectivity index (χ3v) is 9.57. The fourth-order valence-corrected chi connectivity index (χ4v) is 6.48. The first-order valence-corrected chi connectivity index (χ1v) is 20.4. The van der Waals surface area contributed by atoms with E-state index in [4.69, 9.17) is 0 Å². The summed E-state index contributed by atoms with van der Waals surface area (Å²) in [5.74, 6) is 0. The lowest BCUT2D eigenvalue weighted by Crippen LogP contribution is -2.28. The Hall–Kier alpha value is -1.05. The zero-order chi connectivity index (χ0) is 32.1. The summed E-state index contributed by atoms with van der Waals surface area (Å²) < 4.78 is 0. The number of halogens is 1. The molecule has 1 rings (SSSR count). The molecule has 0 fully saturated rings. The molecule has 1 aromatic carbocycles. The average Bonchev–Trinajstić information content (AvgIpc) is 3.06. The molecule has 0 aliphatic heterocycles. The van der Waals surface area contributed by atoms with Crippen molar-refractivity contribution in [2.45, 2.75) is 219 Å². The van der Waals surface area contributed by atoms with Crippen LogP contribution >= 0.6 is 12.4 Å². The molecule has 2 heteroatoms. The molecule has 0 aliphatic carbocycles. The second-order valence-corrected chi connectivity index (χ2v) is 14.0. The SMILES string of the molecule is CCCCCCCCC=CCCCCCCCCC(CCCCCCCCC=CCCCCCCCC)NCc1ccccc1.Cl. The van der Waals surface area contributed by atoms with Crippen LogP contribution in [0.2, 0.25) is 0 Å². The van der Waals surface area contributed by atoms with Crippen LogP contribution in [-0.4, -0.2) is 6.04 Å². The van der Waals surface area contributed by atoms with Gasteiger partial charge in [0.15, 0.2) is 0 Å². The van der Waals surface area contributed by atoms with E-state index in [1.54, 1.807) is 0 Å². The summed E-state index contributed by atoms with van der Waals surface area (Å²) in [6, 6.07) is 11.7. The maximum absolute atomic E-state index is 3.93. The predicted molar refractivity (Wildman–Crippen MR) is 212 cm³/mol. The molecule has 0 amide bonds. The van der Waals surface area contributed by atoms with Crippen molar-refractivity contribution in [3.8, 4) is 0 Å². The van der Waals surface area contributed by atoms with Crippen LogP contribution in [0.15, 0.2) is 54.6 Å². The summed E-state index contributed by atoms with van der Waals surface area (Å²) in [7, 11) is 0. The first-order chi connectivity index (χ1) is 22.4. The molecule has 0 atom stereocenters. The minimum Gasteiger partial charge on any atom is -0.310 e. The lowest BCUT2D eigenvalue weighted by atomic mass is 9.99. The molecular formula is C44H80ClN. The van der Waals surface area contributed by atoms with E-state index < -0.39 is 0 Å². The molecule has 0 bridgehead atoms. The molecule has 0 heterocycles. The molecule has 0 spiro atoms. The topological polar surface area (TPSA) is 12.0 Å². The van der Waals surface area contributed by atoms with Crippen LogP contribution < -0.4 is 5.32 Å². The molecule has 46 heavy (non-hydrogen) atoms. The van der Waals surface area contributed by atoms with E-state index in [1.807, 2.05) is 0 Å². The highest BCUT2D eigenvalue weighted by Crippen LogP contribution is 2.16. The van der Waals surface area contributed by atoms with Gasteiger partial charge >= 0.3 is 0 Å². The Morgan fingerprint density at radius 2 is 0.761 bits per heavy atom. The van der Waals surface area contributed by atoms with Crippen LogP contribution in [0.3, 0.4) is 0 Å². The number of benzene rings is 1. The van der Waals surface area contributed by atoms with Gasteiger partial charge in [-0.2, -0.15) is 0 Å². The van der Waals surface area contributed by atoms with Gasteiger partial charge in [0.1, 0.15) is 0 Å². The van der Waals surface area contributed by atoms with Crippen LogP contribution in [0.25, 0.3) is 0 Å². The van der Waals surface area contributed by atoms with Gasteiger partial charge in [-0.25, -0.2) is 0 Å². The molecule has 0 saturated carbocycles. The smallest absolute Gasteiger partial charge is 0.0208 e. The summed E-state index contributed by atoms with van der Waals surface area (Å²) >= 11 is 0. The van der Waals surface area contributed by atoms with E-state index >= 15 is 0 Å². The summed E-state index contributed by atoms with van der Waals surface area (Å²) in [4.78, 5) is 0. The van der Waals surface area contributed by atoms with Gasteiger partial charge in [0, 0.05) is 12.6 Å². The van der Waals surface area contributed by atoms with E-state index in [9.17, 15) is 0 Å². The van der Waals surface area contributed by atoms with E-state index in [0.717, 1.165) is 6.54 Å². The number of rotatable bonds is 35. The molecule has 0 aliphatic rings. The molecule has 268 valence electrons. The van der Waals surface area contributed by atoms with Crippen LogP contribution in [0.1, 0.15) is 212 Å². The lowest BCUT2D eigenvalue weighted by molar-refractivity contribution is 0.410. The van der Waals surface area contributed by atoms with Gasteiger partial charge < -0.3 is 5.32 Å². The van der Waals surface area contributed by atoms with E-state index in [-0.39, 0.29) is 12.4 Å². The monoisotopic (exact) mass is 658 g/mol. The first kappa shape index (κ1) is 45.0. The van der Waals surface area contributed by atoms with Crippen LogP contribution in [0.5, 0.6) is 0 Å². The van der Waals surface area contributed by atoms with Crippen molar-refractivity contribution in [2.75, 3.05) is 0 Å². The Balaban J connectivity index is 0.0000202. The maximum atomic E-state index is 3.93. The third-order valence-electron chi connectivity index (χ3n) is 9.57. The van der Waals surface area contributed by atoms with E-state index in [1.165, 1.54) is 198 Å². The molecule has 0 saturated heterocycles. The zero-order valence-corrected chi connectivity index (χ0v) is 31.9. The van der Waals surface area contributed by atoms with E-state index in [2.05, 4.69) is 73.8 Å². The summed E-state index contributed by atoms with van der Waals surface area (Å²) in [6.45, 7) is 5.61. The number of nitrogens with one attached hydrogen (secondary N) is 1. The molecule has 1 N–H and O–H groups in total. The standard InChI is InChI=1S/C44H79N.ClH/c1-3-5-7-9-11-13-15-17-19-21-23-25-27-29-31-36-40-44(45-42-43-38-34-33-35-39-43)41-37-32-30-28-26-24-22-20-18-16-14-12-10-8-6-4-2;/h17-20,33-35,38-39,44-45H,3-16,21-32,36-37,40-42H2,1-2H3;1H. The van der Waals surface area contributed by atoms with Gasteiger partial charge in [0.2, 0.25) is 0 Å². The van der Waals surface area contributed by atoms with Crippen molar-refractivity contribution in [3.63, 3.8) is 0 Å². The number of allylic oxidation sites excluding steroid dienone is 4. The van der Waals surface area contributed by atoms with Crippen LogP contribution in [0, 0.1) is 0 Å². The Bertz CT molecular complexity index is 700. The van der Waals surface area contributed by atoms with Crippen LogP contribution in [-0.2, 0) is 6.54 Å². The fraction of sp³-hybridized carbons (Fsp3) is 0.773. The van der Waals surface area contributed by atoms with Gasteiger partial charge in [0.05, 0.1) is 0 Å². The predicted octanol–water partition coefficient (Wildman–Crippen LogP) is 15.4. The number of unbranched alkanes of at least 4 members (excludes halogenated alkanes) is 24. The Morgan fingerprint density at radius 3 is 1.13 bits per heavy atom. The van der Waals surface area contributed by atoms with Crippen molar-refractivity contribution in [3.05, 3.63) is 60.2 Å². The van der Waals surface area contributed by atoms with Crippen molar-refractivity contribution >= 4 is 12.4 Å². The minimum absolute atomic E-state index is 0. The molecule has 0 unspecified atom stereocenters. The highest BCUT2D eigenvalue weighted by atomic mass is 35.5. The van der Waals surface area contributed by atoms with Crippen molar-refractivity contribution in [2.24, 2.45) is 0 Å². The van der Waals surface area contributed by atoms with Crippen LogP contribution in [0.4, 0.5) is 0 Å². The second kappa shape index (κ2) is 38.4. The summed E-state index contributed by atoms with van der Waals surface area (Å²) in [5.41, 5.74) is 1.42. The van der Waals surface area contributed by atoms with Gasteiger partial charge in [-0.1, -0.05) is 197 Å². The van der Waals surface area contributed by atoms with E-state index in [0.29, 0.717) is 6.04 Å². The van der Waals surface area contributed by atoms with Gasteiger partial charge in [-0.3, -0.25) is 0 Å². The normalized spacial score (nSPS) is 12.3. The highest BCUT2D eigenvalue weighted by Gasteiger charge is 2.08. The van der Waals surface area contributed by atoms with Crippen molar-refractivity contribution in [1.82, 2.24) is 5.32 Å². The molecule has 0 aromatic heterocycles. The average molecular weight is 659 g/mol. The molecule has 0 radical (unpaired) electrons. The molecule has 1 nitrogen and oxygen atoms in total. The quantitative estimate of drug-likeness (QED) is 0.0565. The Kier molecular flexibility index (Phi) is 37.5. The maximum Gasteiger partial charge on any atom is 0.0208 e.